The number of carbonyl (C=O) groups is 1. The van der Waals surface area contributed by atoms with Crippen molar-refractivity contribution < 1.29 is 19.0 Å². The number of morpholine rings is 2. The van der Waals surface area contributed by atoms with Crippen LogP contribution in [-0.2, 0) is 9.53 Å². The fourth-order valence-electron chi connectivity index (χ4n) is 5.51. The highest BCUT2D eigenvalue weighted by atomic mass is 16.5. The van der Waals surface area contributed by atoms with Crippen molar-refractivity contribution in [2.45, 2.75) is 44.5 Å². The van der Waals surface area contributed by atoms with Crippen molar-refractivity contribution >= 4 is 11.6 Å². The van der Waals surface area contributed by atoms with Crippen LogP contribution in [-0.4, -0.2) is 85.9 Å². The first kappa shape index (κ1) is 25.5. The standard InChI is InChI=1S/C29H36N4O4/c1-29(2)16-28(34)33(26-6-3-4-7-27(26)37-29)14-13-32-20-24-18-31(19-25(21-32)36-24)12-5-15-35-23-10-8-22(17-30)9-11-23/h3-4,6-11,24-25H,5,12-16,18-21H2,1-2H3. The van der Waals surface area contributed by atoms with Crippen LogP contribution >= 0.6 is 0 Å². The lowest BCUT2D eigenvalue weighted by Crippen LogP contribution is -2.60. The fourth-order valence-corrected chi connectivity index (χ4v) is 5.51. The molecule has 3 aliphatic rings. The molecule has 2 fully saturated rings. The van der Waals surface area contributed by atoms with Gasteiger partial charge in [-0.05, 0) is 56.7 Å². The summed E-state index contributed by atoms with van der Waals surface area (Å²) in [5.41, 5.74) is 0.983. The van der Waals surface area contributed by atoms with Crippen LogP contribution in [0.15, 0.2) is 48.5 Å². The van der Waals surface area contributed by atoms with Crippen LogP contribution in [0, 0.1) is 11.3 Å². The summed E-state index contributed by atoms with van der Waals surface area (Å²) in [6.07, 6.45) is 1.67. The minimum atomic E-state index is -0.519. The molecule has 2 aromatic rings. The van der Waals surface area contributed by atoms with Gasteiger partial charge in [0.1, 0.15) is 17.1 Å². The third-order valence-electron chi connectivity index (χ3n) is 7.16. The second kappa shape index (κ2) is 11.1. The average Bonchev–Trinajstić information content (AvgIpc) is 2.96. The van der Waals surface area contributed by atoms with E-state index in [1.54, 1.807) is 12.1 Å². The number of carbonyl (C=O) groups excluding carboxylic acids is 1. The maximum Gasteiger partial charge on any atom is 0.231 e. The molecule has 2 aromatic carbocycles. The Balaban J connectivity index is 1.09. The van der Waals surface area contributed by atoms with Gasteiger partial charge in [0.05, 0.1) is 42.6 Å². The predicted molar refractivity (Wildman–Crippen MR) is 141 cm³/mol. The number of rotatable bonds is 8. The van der Waals surface area contributed by atoms with Crippen LogP contribution < -0.4 is 14.4 Å². The van der Waals surface area contributed by atoms with E-state index in [4.69, 9.17) is 19.5 Å². The Morgan fingerprint density at radius 1 is 0.973 bits per heavy atom. The largest absolute Gasteiger partial charge is 0.494 e. The maximum atomic E-state index is 13.1. The summed E-state index contributed by atoms with van der Waals surface area (Å²) in [6.45, 7) is 10.6. The van der Waals surface area contributed by atoms with Gasteiger partial charge in [0.25, 0.3) is 0 Å². The molecule has 0 N–H and O–H groups in total. The summed E-state index contributed by atoms with van der Waals surface area (Å²) in [5, 5.41) is 8.90. The number of para-hydroxylation sites is 2. The molecule has 0 radical (unpaired) electrons. The minimum absolute atomic E-state index is 0.109. The molecule has 2 saturated heterocycles. The van der Waals surface area contributed by atoms with E-state index < -0.39 is 5.60 Å². The normalized spacial score (nSPS) is 23.5. The van der Waals surface area contributed by atoms with Gasteiger partial charge in [0.2, 0.25) is 5.91 Å². The first-order valence-corrected chi connectivity index (χ1v) is 13.2. The van der Waals surface area contributed by atoms with E-state index in [9.17, 15) is 4.79 Å². The van der Waals surface area contributed by atoms with E-state index in [0.717, 1.165) is 62.9 Å². The van der Waals surface area contributed by atoms with Gasteiger partial charge < -0.3 is 19.1 Å². The quantitative estimate of drug-likeness (QED) is 0.511. The number of nitriles is 1. The highest BCUT2D eigenvalue weighted by Crippen LogP contribution is 2.36. The molecule has 3 heterocycles. The lowest BCUT2D eigenvalue weighted by Gasteiger charge is -2.46. The van der Waals surface area contributed by atoms with E-state index in [1.165, 1.54) is 0 Å². The number of fused-ring (bicyclic) bond motifs is 3. The molecule has 0 spiro atoms. The summed E-state index contributed by atoms with van der Waals surface area (Å²) >= 11 is 0. The molecule has 1 amide bonds. The molecule has 2 bridgehead atoms. The van der Waals surface area contributed by atoms with Crippen molar-refractivity contribution in [2.75, 3.05) is 57.3 Å². The third-order valence-corrected chi connectivity index (χ3v) is 7.16. The molecule has 8 nitrogen and oxygen atoms in total. The number of benzene rings is 2. The lowest BCUT2D eigenvalue weighted by atomic mass is 10.0. The van der Waals surface area contributed by atoms with Crippen LogP contribution in [0.25, 0.3) is 0 Å². The Hall–Kier alpha value is -3.12. The molecule has 2 unspecified atom stereocenters. The summed E-state index contributed by atoms with van der Waals surface area (Å²) in [7, 11) is 0. The van der Waals surface area contributed by atoms with Crippen LogP contribution in [0.3, 0.4) is 0 Å². The summed E-state index contributed by atoms with van der Waals surface area (Å²) in [6, 6.07) is 17.2. The van der Waals surface area contributed by atoms with Crippen molar-refractivity contribution in [2.24, 2.45) is 0 Å². The van der Waals surface area contributed by atoms with Crippen molar-refractivity contribution in [3.05, 3.63) is 54.1 Å². The van der Waals surface area contributed by atoms with Crippen LogP contribution in [0.4, 0.5) is 5.69 Å². The summed E-state index contributed by atoms with van der Waals surface area (Å²) in [5.74, 6) is 1.68. The maximum absolute atomic E-state index is 13.1. The van der Waals surface area contributed by atoms with E-state index in [-0.39, 0.29) is 18.1 Å². The molecule has 37 heavy (non-hydrogen) atoms. The van der Waals surface area contributed by atoms with Gasteiger partial charge in [-0.15, -0.1) is 0 Å². The zero-order chi connectivity index (χ0) is 25.8. The number of ether oxygens (including phenoxy) is 3. The summed E-state index contributed by atoms with van der Waals surface area (Å²) in [4.78, 5) is 19.9. The van der Waals surface area contributed by atoms with Gasteiger partial charge in [0, 0.05) is 45.8 Å². The Kier molecular flexibility index (Phi) is 7.65. The summed E-state index contributed by atoms with van der Waals surface area (Å²) < 4.78 is 18.3. The number of amides is 1. The molecule has 2 atom stereocenters. The highest BCUT2D eigenvalue weighted by Gasteiger charge is 2.36. The molecular formula is C29H36N4O4. The van der Waals surface area contributed by atoms with Crippen molar-refractivity contribution in [1.29, 1.82) is 5.26 Å². The monoisotopic (exact) mass is 504 g/mol. The lowest BCUT2D eigenvalue weighted by molar-refractivity contribution is -0.138. The van der Waals surface area contributed by atoms with E-state index in [1.807, 2.05) is 55.1 Å². The molecular weight excluding hydrogens is 468 g/mol. The van der Waals surface area contributed by atoms with Gasteiger partial charge in [-0.1, -0.05) is 12.1 Å². The van der Waals surface area contributed by atoms with Crippen LogP contribution in [0.2, 0.25) is 0 Å². The van der Waals surface area contributed by atoms with Crippen LogP contribution in [0.5, 0.6) is 11.5 Å². The Morgan fingerprint density at radius 3 is 2.35 bits per heavy atom. The average molecular weight is 505 g/mol. The topological polar surface area (TPSA) is 78.3 Å². The smallest absolute Gasteiger partial charge is 0.231 e. The van der Waals surface area contributed by atoms with E-state index in [2.05, 4.69) is 15.9 Å². The molecule has 0 saturated carbocycles. The van der Waals surface area contributed by atoms with Gasteiger partial charge in [-0.2, -0.15) is 5.26 Å². The zero-order valence-electron chi connectivity index (χ0n) is 21.8. The predicted octanol–water partition coefficient (Wildman–Crippen LogP) is 3.31. The van der Waals surface area contributed by atoms with E-state index >= 15 is 0 Å². The third kappa shape index (κ3) is 6.42. The highest BCUT2D eigenvalue weighted by molar-refractivity contribution is 5.96. The molecule has 8 heteroatoms. The number of hydrogen-bond acceptors (Lipinski definition) is 7. The fraction of sp³-hybridized carbons (Fsp3) is 0.517. The second-order valence-corrected chi connectivity index (χ2v) is 10.8. The molecule has 5 rings (SSSR count). The first-order chi connectivity index (χ1) is 17.9. The minimum Gasteiger partial charge on any atom is -0.494 e. The van der Waals surface area contributed by atoms with Gasteiger partial charge >= 0.3 is 0 Å². The van der Waals surface area contributed by atoms with Crippen LogP contribution in [0.1, 0.15) is 32.3 Å². The number of nitrogens with zero attached hydrogens (tertiary/aromatic N) is 4. The van der Waals surface area contributed by atoms with Crippen molar-refractivity contribution in [3.8, 4) is 17.6 Å². The molecule has 0 aromatic heterocycles. The number of anilines is 1. The number of hydrogen-bond donors (Lipinski definition) is 0. The van der Waals surface area contributed by atoms with Crippen molar-refractivity contribution in [1.82, 2.24) is 9.80 Å². The van der Waals surface area contributed by atoms with E-state index in [0.29, 0.717) is 25.1 Å². The first-order valence-electron chi connectivity index (χ1n) is 13.2. The Bertz CT molecular complexity index is 1120. The Morgan fingerprint density at radius 2 is 1.65 bits per heavy atom. The zero-order valence-corrected chi connectivity index (χ0v) is 21.8. The SMILES string of the molecule is CC1(C)CC(=O)N(CCN2CC3CN(CCCOc4ccc(C#N)cc4)CC(C2)O3)c2ccccc2O1. The van der Waals surface area contributed by atoms with Gasteiger partial charge in [-0.3, -0.25) is 14.6 Å². The Labute approximate surface area is 219 Å². The van der Waals surface area contributed by atoms with Gasteiger partial charge in [0.15, 0.2) is 0 Å². The van der Waals surface area contributed by atoms with Crippen molar-refractivity contribution in [3.63, 3.8) is 0 Å². The molecule has 3 aliphatic heterocycles. The molecule has 196 valence electrons. The van der Waals surface area contributed by atoms with Gasteiger partial charge in [-0.25, -0.2) is 0 Å². The second-order valence-electron chi connectivity index (χ2n) is 10.8. The molecule has 0 aliphatic carbocycles.